The number of para-hydroxylation sites is 1. The molecule has 27 heavy (non-hydrogen) atoms. The molecule has 0 radical (unpaired) electrons. The fraction of sp³-hybridized carbons (Fsp3) is 0.591. The minimum Gasteiger partial charge on any atom is -0.462 e. The predicted octanol–water partition coefficient (Wildman–Crippen LogP) is 4.55. The van der Waals surface area contributed by atoms with E-state index < -0.39 is 0 Å². The van der Waals surface area contributed by atoms with Gasteiger partial charge in [0.2, 0.25) is 0 Å². The number of rotatable bonds is 11. The lowest BCUT2D eigenvalue weighted by Crippen LogP contribution is -2.24. The van der Waals surface area contributed by atoms with E-state index in [0.29, 0.717) is 18.6 Å². The average molecular weight is 373 g/mol. The fourth-order valence-electron chi connectivity index (χ4n) is 3.55. The number of ketones is 2. The molecule has 1 aromatic carbocycles. The molecule has 1 unspecified atom stereocenters. The molecule has 0 heterocycles. The van der Waals surface area contributed by atoms with Crippen molar-refractivity contribution in [2.45, 2.75) is 64.2 Å². The number of nitrogens with one attached hydrogen (secondary N) is 1. The minimum atomic E-state index is -0.282. The van der Waals surface area contributed by atoms with E-state index in [4.69, 9.17) is 4.74 Å². The molecule has 1 saturated carbocycles. The van der Waals surface area contributed by atoms with Gasteiger partial charge in [0.25, 0.3) is 0 Å². The first-order valence-corrected chi connectivity index (χ1v) is 10.1. The smallest absolute Gasteiger partial charge is 0.340 e. The van der Waals surface area contributed by atoms with Crippen molar-refractivity contribution in [3.8, 4) is 0 Å². The molecule has 0 aromatic heterocycles. The number of ether oxygens (including phenoxy) is 1. The van der Waals surface area contributed by atoms with Gasteiger partial charge in [0.15, 0.2) is 0 Å². The molecule has 0 amide bonds. The topological polar surface area (TPSA) is 72.5 Å². The molecule has 0 spiro atoms. The van der Waals surface area contributed by atoms with E-state index in [-0.39, 0.29) is 29.9 Å². The molecule has 0 saturated heterocycles. The first kappa shape index (κ1) is 21.1. The van der Waals surface area contributed by atoms with E-state index in [1.807, 2.05) is 18.2 Å². The molecular formula is C22H31NO4. The van der Waals surface area contributed by atoms with Crippen molar-refractivity contribution in [3.63, 3.8) is 0 Å². The molecule has 1 aromatic rings. The standard InChI is InChI=1S/C22H31NO4/c1-23-20-12-8-7-11-19(20)22(26)27-15-9-5-3-2-4-6-10-17-13-14-18(24)16-21(17)25/h7-8,11-12,17,23H,2-6,9-10,13-16H2,1H3. The molecule has 1 aliphatic carbocycles. The lowest BCUT2D eigenvalue weighted by molar-refractivity contribution is -0.132. The van der Waals surface area contributed by atoms with Gasteiger partial charge in [0.1, 0.15) is 11.6 Å². The van der Waals surface area contributed by atoms with E-state index in [0.717, 1.165) is 57.1 Å². The van der Waals surface area contributed by atoms with Crippen LogP contribution in [-0.2, 0) is 14.3 Å². The van der Waals surface area contributed by atoms with Gasteiger partial charge < -0.3 is 10.1 Å². The number of carbonyl (C=O) groups is 3. The highest BCUT2D eigenvalue weighted by Gasteiger charge is 2.26. The normalized spacial score (nSPS) is 17.0. The summed E-state index contributed by atoms with van der Waals surface area (Å²) in [5.74, 6) is 0.0810. The van der Waals surface area contributed by atoms with Crippen molar-refractivity contribution in [2.75, 3.05) is 19.0 Å². The van der Waals surface area contributed by atoms with Crippen molar-refractivity contribution in [1.82, 2.24) is 0 Å². The molecule has 2 rings (SSSR count). The van der Waals surface area contributed by atoms with Gasteiger partial charge in [0.05, 0.1) is 18.6 Å². The van der Waals surface area contributed by atoms with Gasteiger partial charge in [-0.1, -0.05) is 44.2 Å². The van der Waals surface area contributed by atoms with Crippen LogP contribution in [0, 0.1) is 5.92 Å². The molecule has 148 valence electrons. The highest BCUT2D eigenvalue weighted by molar-refractivity contribution is 6.02. The van der Waals surface area contributed by atoms with E-state index in [9.17, 15) is 14.4 Å². The first-order valence-electron chi connectivity index (χ1n) is 10.1. The Kier molecular flexibility index (Phi) is 9.02. The van der Waals surface area contributed by atoms with Crippen molar-refractivity contribution in [3.05, 3.63) is 29.8 Å². The van der Waals surface area contributed by atoms with Crippen LogP contribution in [0.1, 0.15) is 74.6 Å². The van der Waals surface area contributed by atoms with Gasteiger partial charge in [-0.2, -0.15) is 0 Å². The second-order valence-electron chi connectivity index (χ2n) is 7.26. The number of hydrogen-bond acceptors (Lipinski definition) is 5. The summed E-state index contributed by atoms with van der Waals surface area (Å²) in [4.78, 5) is 35.1. The Balaban J connectivity index is 1.48. The molecule has 0 bridgehead atoms. The Morgan fingerprint density at radius 3 is 2.52 bits per heavy atom. The largest absolute Gasteiger partial charge is 0.462 e. The van der Waals surface area contributed by atoms with Crippen LogP contribution in [0.25, 0.3) is 0 Å². The van der Waals surface area contributed by atoms with Crippen molar-refractivity contribution < 1.29 is 19.1 Å². The maximum atomic E-state index is 12.1. The highest BCUT2D eigenvalue weighted by atomic mass is 16.5. The number of Topliss-reactive ketones (excluding diaryl/α,β-unsaturated/α-hetero) is 2. The van der Waals surface area contributed by atoms with Crippen molar-refractivity contribution in [2.24, 2.45) is 5.92 Å². The van der Waals surface area contributed by atoms with Crippen LogP contribution in [0.4, 0.5) is 5.69 Å². The van der Waals surface area contributed by atoms with E-state index in [1.165, 1.54) is 0 Å². The monoisotopic (exact) mass is 373 g/mol. The molecule has 1 fully saturated rings. The van der Waals surface area contributed by atoms with Crippen LogP contribution >= 0.6 is 0 Å². The zero-order chi connectivity index (χ0) is 19.5. The molecule has 1 N–H and O–H groups in total. The predicted molar refractivity (Wildman–Crippen MR) is 106 cm³/mol. The highest BCUT2D eigenvalue weighted by Crippen LogP contribution is 2.24. The summed E-state index contributed by atoms with van der Waals surface area (Å²) in [6.45, 7) is 0.446. The minimum absolute atomic E-state index is 0.103. The summed E-state index contributed by atoms with van der Waals surface area (Å²) in [5.41, 5.74) is 1.35. The second kappa shape index (κ2) is 11.5. The quantitative estimate of drug-likeness (QED) is 0.350. The zero-order valence-corrected chi connectivity index (χ0v) is 16.3. The summed E-state index contributed by atoms with van der Waals surface area (Å²) in [6, 6.07) is 7.33. The maximum Gasteiger partial charge on any atom is 0.340 e. The van der Waals surface area contributed by atoms with Crippen molar-refractivity contribution >= 4 is 23.2 Å². The number of hydrogen-bond donors (Lipinski definition) is 1. The molecule has 5 heteroatoms. The van der Waals surface area contributed by atoms with Crippen molar-refractivity contribution in [1.29, 1.82) is 0 Å². The Morgan fingerprint density at radius 2 is 1.78 bits per heavy atom. The summed E-state index contributed by atoms with van der Waals surface area (Å²) < 4.78 is 5.35. The maximum absolute atomic E-state index is 12.1. The summed E-state index contributed by atoms with van der Waals surface area (Å²) in [6.07, 6.45) is 8.74. The average Bonchev–Trinajstić information content (AvgIpc) is 2.67. The number of esters is 1. The van der Waals surface area contributed by atoms with Gasteiger partial charge in [-0.25, -0.2) is 4.79 Å². The van der Waals surface area contributed by atoms with Crippen LogP contribution in [0.5, 0.6) is 0 Å². The van der Waals surface area contributed by atoms with Gasteiger partial charge in [-0.3, -0.25) is 9.59 Å². The van der Waals surface area contributed by atoms with Crippen LogP contribution in [0.15, 0.2) is 24.3 Å². The third kappa shape index (κ3) is 7.16. The second-order valence-corrected chi connectivity index (χ2v) is 7.26. The molecule has 5 nitrogen and oxygen atoms in total. The number of benzene rings is 1. The lowest BCUT2D eigenvalue weighted by Gasteiger charge is -2.19. The molecule has 1 atom stereocenters. The third-order valence-corrected chi connectivity index (χ3v) is 5.19. The zero-order valence-electron chi connectivity index (χ0n) is 16.3. The van der Waals surface area contributed by atoms with E-state index in [1.54, 1.807) is 13.1 Å². The molecular weight excluding hydrogens is 342 g/mol. The first-order chi connectivity index (χ1) is 13.1. The number of unbranched alkanes of at least 4 members (excludes halogenated alkanes) is 5. The SMILES string of the molecule is CNc1ccccc1C(=O)OCCCCCCCCC1CCC(=O)CC1=O. The lowest BCUT2D eigenvalue weighted by atomic mass is 9.84. The van der Waals surface area contributed by atoms with E-state index >= 15 is 0 Å². The third-order valence-electron chi connectivity index (χ3n) is 5.19. The Labute approximate surface area is 161 Å². The van der Waals surface area contributed by atoms with Crippen LogP contribution in [0.3, 0.4) is 0 Å². The fourth-order valence-corrected chi connectivity index (χ4v) is 3.55. The van der Waals surface area contributed by atoms with E-state index in [2.05, 4.69) is 5.32 Å². The Hall–Kier alpha value is -2.17. The van der Waals surface area contributed by atoms with Gasteiger partial charge >= 0.3 is 5.97 Å². The van der Waals surface area contributed by atoms with Crippen LogP contribution < -0.4 is 5.32 Å². The Bertz CT molecular complexity index is 641. The van der Waals surface area contributed by atoms with Gasteiger partial charge in [-0.05, 0) is 31.4 Å². The Morgan fingerprint density at radius 1 is 1.07 bits per heavy atom. The van der Waals surface area contributed by atoms with Gasteiger partial charge in [-0.15, -0.1) is 0 Å². The molecule has 1 aliphatic rings. The van der Waals surface area contributed by atoms with Crippen LogP contribution in [0.2, 0.25) is 0 Å². The van der Waals surface area contributed by atoms with Gasteiger partial charge in [0, 0.05) is 25.1 Å². The summed E-state index contributed by atoms with van der Waals surface area (Å²) in [7, 11) is 1.79. The number of carbonyl (C=O) groups excluding carboxylic acids is 3. The number of anilines is 1. The summed E-state index contributed by atoms with van der Waals surface area (Å²) >= 11 is 0. The van der Waals surface area contributed by atoms with Crippen LogP contribution in [-0.4, -0.2) is 31.2 Å². The summed E-state index contributed by atoms with van der Waals surface area (Å²) in [5, 5.41) is 3.00. The molecule has 0 aliphatic heterocycles.